The second-order valence-corrected chi connectivity index (χ2v) is 6.70. The Morgan fingerprint density at radius 3 is 3.12 bits per heavy atom. The average Bonchev–Trinajstić information content (AvgIpc) is 3.03. The Morgan fingerprint density at radius 2 is 2.20 bits per heavy atom. The monoisotopic (exact) mass is 355 g/mol. The lowest BCUT2D eigenvalue weighted by atomic mass is 10.1. The molecule has 2 heterocycles. The molecule has 1 amide bonds. The zero-order chi connectivity index (χ0) is 17.2. The van der Waals surface area contributed by atoms with E-state index in [2.05, 4.69) is 20.8 Å². The Bertz CT molecular complexity index is 984. The van der Waals surface area contributed by atoms with Crippen LogP contribution in [-0.4, -0.2) is 32.4 Å². The highest BCUT2D eigenvalue weighted by atomic mass is 32.2. The summed E-state index contributed by atoms with van der Waals surface area (Å²) in [4.78, 5) is 13.2. The van der Waals surface area contributed by atoms with Gasteiger partial charge in [-0.1, -0.05) is 17.3 Å². The minimum absolute atomic E-state index is 0.0159. The van der Waals surface area contributed by atoms with Crippen LogP contribution < -0.4 is 5.43 Å². The number of carbonyl (C=O) groups excluding carboxylic acids is 1. The Morgan fingerprint density at radius 1 is 1.32 bits per heavy atom. The molecular weight excluding hydrogens is 341 g/mol. The molecule has 0 atom stereocenters. The Balaban J connectivity index is 1.51. The van der Waals surface area contributed by atoms with Crippen LogP contribution in [0.4, 0.5) is 4.39 Å². The Kier molecular flexibility index (Phi) is 4.19. The number of rotatable bonds is 3. The molecule has 0 aliphatic carbocycles. The van der Waals surface area contributed by atoms with E-state index < -0.39 is 0 Å². The van der Waals surface area contributed by atoms with Gasteiger partial charge < -0.3 is 0 Å². The summed E-state index contributed by atoms with van der Waals surface area (Å²) in [6.45, 7) is 0.0159. The molecule has 0 fully saturated rings. The zero-order valence-corrected chi connectivity index (χ0v) is 14.0. The molecule has 25 heavy (non-hydrogen) atoms. The number of aromatic nitrogens is 3. The first-order valence-corrected chi connectivity index (χ1v) is 8.75. The van der Waals surface area contributed by atoms with E-state index in [1.54, 1.807) is 17.8 Å². The number of hydrogen-bond donors (Lipinski definition) is 1. The fraction of sp³-hybridized carbons (Fsp3) is 0.176. The van der Waals surface area contributed by atoms with Crippen molar-refractivity contribution in [3.8, 4) is 0 Å². The smallest absolute Gasteiger partial charge is 0.261 e. The van der Waals surface area contributed by atoms with Crippen molar-refractivity contribution in [3.05, 3.63) is 53.8 Å². The number of hydrazone groups is 1. The van der Waals surface area contributed by atoms with Gasteiger partial charge in [0.25, 0.3) is 5.91 Å². The number of fused-ring (bicyclic) bond motifs is 2. The zero-order valence-electron chi connectivity index (χ0n) is 13.1. The van der Waals surface area contributed by atoms with Crippen molar-refractivity contribution >= 4 is 34.4 Å². The molecule has 4 rings (SSSR count). The maximum Gasteiger partial charge on any atom is 0.261 e. The van der Waals surface area contributed by atoms with Crippen LogP contribution in [0.15, 0.2) is 52.5 Å². The maximum absolute atomic E-state index is 13.5. The van der Waals surface area contributed by atoms with Crippen LogP contribution in [0, 0.1) is 5.82 Å². The number of carbonyl (C=O) groups is 1. The lowest BCUT2D eigenvalue weighted by Gasteiger charge is -2.17. The lowest BCUT2D eigenvalue weighted by molar-refractivity contribution is -0.121. The minimum atomic E-state index is -0.311. The van der Waals surface area contributed by atoms with Crippen molar-refractivity contribution in [2.45, 2.75) is 17.9 Å². The van der Waals surface area contributed by atoms with E-state index in [4.69, 9.17) is 0 Å². The van der Waals surface area contributed by atoms with Crippen LogP contribution in [0.3, 0.4) is 0 Å². The predicted octanol–water partition coefficient (Wildman–Crippen LogP) is 2.59. The van der Waals surface area contributed by atoms with Crippen LogP contribution in [0.2, 0.25) is 0 Å². The van der Waals surface area contributed by atoms with Crippen LogP contribution in [-0.2, 0) is 11.3 Å². The van der Waals surface area contributed by atoms with Crippen molar-refractivity contribution in [1.82, 2.24) is 20.4 Å². The third-order valence-corrected chi connectivity index (χ3v) is 4.95. The molecule has 1 aromatic heterocycles. The molecule has 126 valence electrons. The molecule has 0 radical (unpaired) electrons. The van der Waals surface area contributed by atoms with E-state index in [9.17, 15) is 9.18 Å². The van der Waals surface area contributed by atoms with Crippen LogP contribution in [0.25, 0.3) is 11.0 Å². The number of para-hydroxylation sites is 1. The SMILES string of the molecule is O=C(Cn1nnc2ccccc21)NN=C1CCSc2ccc(F)cc21. The normalized spacial score (nSPS) is 15.3. The van der Waals surface area contributed by atoms with Gasteiger partial charge in [0.05, 0.1) is 11.2 Å². The van der Waals surface area contributed by atoms with E-state index in [1.165, 1.54) is 16.8 Å². The lowest BCUT2D eigenvalue weighted by Crippen LogP contribution is -2.26. The van der Waals surface area contributed by atoms with Gasteiger partial charge in [-0.05, 0) is 30.3 Å². The fourth-order valence-electron chi connectivity index (χ4n) is 2.70. The van der Waals surface area contributed by atoms with Crippen molar-refractivity contribution in [2.24, 2.45) is 5.10 Å². The summed E-state index contributed by atoms with van der Waals surface area (Å²) in [5.74, 6) is 0.231. The molecule has 1 aliphatic heterocycles. The van der Waals surface area contributed by atoms with Crippen LogP contribution >= 0.6 is 11.8 Å². The van der Waals surface area contributed by atoms with Gasteiger partial charge in [-0.2, -0.15) is 5.10 Å². The van der Waals surface area contributed by atoms with Gasteiger partial charge in [0.15, 0.2) is 0 Å². The van der Waals surface area contributed by atoms with Gasteiger partial charge in [0.2, 0.25) is 0 Å². The third-order valence-electron chi connectivity index (χ3n) is 3.88. The first-order valence-electron chi connectivity index (χ1n) is 7.77. The van der Waals surface area contributed by atoms with Gasteiger partial charge in [-0.3, -0.25) is 4.79 Å². The summed E-state index contributed by atoms with van der Waals surface area (Å²) in [7, 11) is 0. The first kappa shape index (κ1) is 15.8. The summed E-state index contributed by atoms with van der Waals surface area (Å²) in [5, 5.41) is 12.2. The van der Waals surface area contributed by atoms with Gasteiger partial charge in [-0.15, -0.1) is 16.9 Å². The van der Waals surface area contributed by atoms with Crippen molar-refractivity contribution in [3.63, 3.8) is 0 Å². The van der Waals surface area contributed by atoms with E-state index in [0.29, 0.717) is 12.1 Å². The Labute approximate surface area is 147 Å². The highest BCUT2D eigenvalue weighted by Gasteiger charge is 2.17. The number of hydrogen-bond acceptors (Lipinski definition) is 5. The second-order valence-electron chi connectivity index (χ2n) is 5.57. The van der Waals surface area contributed by atoms with Gasteiger partial charge in [-0.25, -0.2) is 14.5 Å². The fourth-order valence-corrected chi connectivity index (χ4v) is 3.71. The number of halogens is 1. The highest BCUT2D eigenvalue weighted by Crippen LogP contribution is 2.30. The summed E-state index contributed by atoms with van der Waals surface area (Å²) >= 11 is 1.66. The molecule has 1 aliphatic rings. The van der Waals surface area contributed by atoms with Crippen LogP contribution in [0.1, 0.15) is 12.0 Å². The largest absolute Gasteiger partial charge is 0.271 e. The molecule has 6 nitrogen and oxygen atoms in total. The molecule has 0 bridgehead atoms. The van der Waals surface area contributed by atoms with Crippen molar-refractivity contribution in [2.75, 3.05) is 5.75 Å². The third kappa shape index (κ3) is 3.25. The summed E-state index contributed by atoms with van der Waals surface area (Å²) in [6, 6.07) is 12.1. The number of benzene rings is 2. The molecular formula is C17H14FN5OS. The number of amides is 1. The summed E-state index contributed by atoms with van der Waals surface area (Å²) in [6.07, 6.45) is 0.674. The molecule has 0 saturated carbocycles. The van der Waals surface area contributed by atoms with E-state index in [0.717, 1.165) is 27.2 Å². The van der Waals surface area contributed by atoms with Crippen molar-refractivity contribution in [1.29, 1.82) is 0 Å². The van der Waals surface area contributed by atoms with E-state index in [-0.39, 0.29) is 18.3 Å². The maximum atomic E-state index is 13.5. The molecule has 8 heteroatoms. The van der Waals surface area contributed by atoms with Gasteiger partial charge in [0.1, 0.15) is 17.9 Å². The molecule has 2 aromatic carbocycles. The average molecular weight is 355 g/mol. The Hall–Kier alpha value is -2.74. The van der Waals surface area contributed by atoms with Crippen molar-refractivity contribution < 1.29 is 9.18 Å². The standard InChI is InChI=1S/C17H14FN5OS/c18-11-5-6-16-12(9-11)13(7-8-25-16)19-21-17(24)10-23-15-4-2-1-3-14(15)20-22-23/h1-6,9H,7-8,10H2,(H,21,24). The first-order chi connectivity index (χ1) is 12.2. The van der Waals surface area contributed by atoms with E-state index >= 15 is 0 Å². The van der Waals surface area contributed by atoms with Crippen LogP contribution in [0.5, 0.6) is 0 Å². The molecule has 0 spiro atoms. The topological polar surface area (TPSA) is 72.2 Å². The quantitative estimate of drug-likeness (QED) is 0.733. The highest BCUT2D eigenvalue weighted by molar-refractivity contribution is 7.99. The second kappa shape index (κ2) is 6.64. The van der Waals surface area contributed by atoms with Gasteiger partial charge in [0, 0.05) is 22.6 Å². The number of thioether (sulfide) groups is 1. The predicted molar refractivity (Wildman–Crippen MR) is 93.9 cm³/mol. The molecule has 0 saturated heterocycles. The van der Waals surface area contributed by atoms with E-state index in [1.807, 2.05) is 24.3 Å². The molecule has 1 N–H and O–H groups in total. The number of nitrogens with zero attached hydrogens (tertiary/aromatic N) is 4. The number of nitrogens with one attached hydrogen (secondary N) is 1. The molecule has 3 aromatic rings. The van der Waals surface area contributed by atoms with Gasteiger partial charge >= 0.3 is 0 Å². The summed E-state index contributed by atoms with van der Waals surface area (Å²) < 4.78 is 15.0. The molecule has 0 unspecified atom stereocenters. The minimum Gasteiger partial charge on any atom is -0.271 e. The summed E-state index contributed by atoms with van der Waals surface area (Å²) in [5.41, 5.74) is 5.48.